The second-order valence-electron chi connectivity index (χ2n) is 4.68. The van der Waals surface area contributed by atoms with E-state index < -0.39 is 0 Å². The highest BCUT2D eigenvalue weighted by Crippen LogP contribution is 2.20. The van der Waals surface area contributed by atoms with Crippen LogP contribution in [0, 0.1) is 17.2 Å². The smallest absolute Gasteiger partial charge is 0.221 e. The maximum Gasteiger partial charge on any atom is 0.221 e. The maximum absolute atomic E-state index is 11.5. The summed E-state index contributed by atoms with van der Waals surface area (Å²) in [7, 11) is 0. The zero-order chi connectivity index (χ0) is 14.3. The van der Waals surface area contributed by atoms with Crippen molar-refractivity contribution < 1.29 is 4.79 Å². The highest BCUT2D eigenvalue weighted by Gasteiger charge is 2.05. The van der Waals surface area contributed by atoms with Crippen LogP contribution < -0.4 is 10.6 Å². The van der Waals surface area contributed by atoms with Crippen LogP contribution in [0.3, 0.4) is 0 Å². The summed E-state index contributed by atoms with van der Waals surface area (Å²) in [5.74, 6) is 0.441. The molecular weight excluding hydrogens is 262 g/mol. The van der Waals surface area contributed by atoms with Crippen molar-refractivity contribution in [2.24, 2.45) is 5.92 Å². The zero-order valence-electron chi connectivity index (χ0n) is 11.2. The Bertz CT molecular complexity index is 480. The number of anilines is 1. The maximum atomic E-state index is 11.5. The molecule has 2 N–H and O–H groups in total. The van der Waals surface area contributed by atoms with E-state index in [9.17, 15) is 4.79 Å². The lowest BCUT2D eigenvalue weighted by Gasteiger charge is -2.10. The number of rotatable bonds is 6. The molecule has 0 aliphatic carbocycles. The number of nitrogens with one attached hydrogen (secondary N) is 2. The Balaban J connectivity index is 2.43. The van der Waals surface area contributed by atoms with Crippen LogP contribution in [0.1, 0.15) is 25.8 Å². The van der Waals surface area contributed by atoms with Crippen LogP contribution in [0.15, 0.2) is 18.2 Å². The largest absolute Gasteiger partial charge is 0.383 e. The predicted molar refractivity (Wildman–Crippen MR) is 77.1 cm³/mol. The van der Waals surface area contributed by atoms with E-state index in [2.05, 4.69) is 16.7 Å². The van der Waals surface area contributed by atoms with Gasteiger partial charge in [-0.15, -0.1) is 0 Å². The average Bonchev–Trinajstić information content (AvgIpc) is 2.36. The molecule has 102 valence electrons. The fraction of sp³-hybridized carbons (Fsp3) is 0.429. The standard InChI is InChI=1S/C14H18ClN3O/c1-10(2)9-18-14(19)5-6-17-13-7-12(15)4-3-11(13)8-16/h3-4,7,10,17H,5-6,9H2,1-2H3,(H,18,19). The van der Waals surface area contributed by atoms with E-state index >= 15 is 0 Å². The zero-order valence-corrected chi connectivity index (χ0v) is 11.9. The molecule has 0 radical (unpaired) electrons. The molecule has 1 aromatic rings. The minimum absolute atomic E-state index is 0.00161. The quantitative estimate of drug-likeness (QED) is 0.841. The molecule has 0 atom stereocenters. The van der Waals surface area contributed by atoms with Gasteiger partial charge in [0.05, 0.1) is 11.3 Å². The Morgan fingerprint density at radius 1 is 1.47 bits per heavy atom. The monoisotopic (exact) mass is 279 g/mol. The Hall–Kier alpha value is -1.73. The Labute approximate surface area is 118 Å². The van der Waals surface area contributed by atoms with Gasteiger partial charge in [0.25, 0.3) is 0 Å². The number of hydrogen-bond donors (Lipinski definition) is 2. The average molecular weight is 280 g/mol. The van der Waals surface area contributed by atoms with Crippen LogP contribution in [0.25, 0.3) is 0 Å². The van der Waals surface area contributed by atoms with Gasteiger partial charge in [-0.25, -0.2) is 0 Å². The molecule has 5 heteroatoms. The van der Waals surface area contributed by atoms with Gasteiger partial charge in [-0.05, 0) is 24.1 Å². The molecule has 0 saturated heterocycles. The first-order chi connectivity index (χ1) is 9.02. The van der Waals surface area contributed by atoms with Crippen LogP contribution >= 0.6 is 11.6 Å². The topological polar surface area (TPSA) is 64.9 Å². The van der Waals surface area contributed by atoms with Gasteiger partial charge in [-0.1, -0.05) is 25.4 Å². The van der Waals surface area contributed by atoms with Gasteiger partial charge in [0.1, 0.15) is 6.07 Å². The molecule has 0 saturated carbocycles. The first-order valence-electron chi connectivity index (χ1n) is 6.23. The lowest BCUT2D eigenvalue weighted by molar-refractivity contribution is -0.120. The summed E-state index contributed by atoms with van der Waals surface area (Å²) in [6.45, 7) is 5.24. The van der Waals surface area contributed by atoms with Crippen molar-refractivity contribution in [3.63, 3.8) is 0 Å². The van der Waals surface area contributed by atoms with Crippen molar-refractivity contribution in [2.75, 3.05) is 18.4 Å². The van der Waals surface area contributed by atoms with Crippen molar-refractivity contribution in [1.29, 1.82) is 5.26 Å². The fourth-order valence-corrected chi connectivity index (χ4v) is 1.65. The lowest BCUT2D eigenvalue weighted by Crippen LogP contribution is -2.28. The molecule has 0 spiro atoms. The van der Waals surface area contributed by atoms with Gasteiger partial charge in [0.15, 0.2) is 0 Å². The van der Waals surface area contributed by atoms with Crippen LogP contribution in [-0.4, -0.2) is 19.0 Å². The molecule has 0 heterocycles. The molecule has 0 bridgehead atoms. The summed E-state index contributed by atoms with van der Waals surface area (Å²) in [6.07, 6.45) is 0.365. The van der Waals surface area contributed by atoms with E-state index in [0.717, 1.165) is 0 Å². The minimum atomic E-state index is 0.00161. The molecule has 1 amide bonds. The van der Waals surface area contributed by atoms with Gasteiger partial charge in [0.2, 0.25) is 5.91 Å². The number of benzene rings is 1. The van der Waals surface area contributed by atoms with Gasteiger partial charge in [-0.3, -0.25) is 4.79 Å². The van der Waals surface area contributed by atoms with Gasteiger partial charge >= 0.3 is 0 Å². The minimum Gasteiger partial charge on any atom is -0.383 e. The number of halogens is 1. The first kappa shape index (κ1) is 15.3. The summed E-state index contributed by atoms with van der Waals surface area (Å²) in [5.41, 5.74) is 1.18. The van der Waals surface area contributed by atoms with E-state index in [1.54, 1.807) is 18.2 Å². The number of amides is 1. The van der Waals surface area contributed by atoms with Gasteiger partial charge < -0.3 is 10.6 Å². The second-order valence-corrected chi connectivity index (χ2v) is 5.11. The van der Waals surface area contributed by atoms with E-state index in [1.807, 2.05) is 13.8 Å². The Kier molecular flexibility index (Phi) is 6.17. The molecule has 0 unspecified atom stereocenters. The highest BCUT2D eigenvalue weighted by molar-refractivity contribution is 6.30. The fourth-order valence-electron chi connectivity index (χ4n) is 1.48. The van der Waals surface area contributed by atoms with Gasteiger partial charge in [0, 0.05) is 24.5 Å². The molecule has 1 rings (SSSR count). The summed E-state index contributed by atoms with van der Waals surface area (Å²) in [5, 5.41) is 15.4. The molecule has 1 aromatic carbocycles. The van der Waals surface area contributed by atoms with E-state index in [0.29, 0.717) is 41.7 Å². The van der Waals surface area contributed by atoms with Crippen molar-refractivity contribution in [2.45, 2.75) is 20.3 Å². The van der Waals surface area contributed by atoms with E-state index in [-0.39, 0.29) is 5.91 Å². The molecule has 0 aliphatic heterocycles. The number of nitriles is 1. The van der Waals surface area contributed by atoms with Crippen molar-refractivity contribution in [1.82, 2.24) is 5.32 Å². The Morgan fingerprint density at radius 2 is 2.21 bits per heavy atom. The normalized spacial score (nSPS) is 10.1. The SMILES string of the molecule is CC(C)CNC(=O)CCNc1cc(Cl)ccc1C#N. The molecule has 0 fully saturated rings. The summed E-state index contributed by atoms with van der Waals surface area (Å²) in [4.78, 5) is 11.5. The van der Waals surface area contributed by atoms with E-state index in [1.165, 1.54) is 0 Å². The lowest BCUT2D eigenvalue weighted by atomic mass is 10.2. The van der Waals surface area contributed by atoms with Crippen molar-refractivity contribution in [3.05, 3.63) is 28.8 Å². The summed E-state index contributed by atoms with van der Waals surface area (Å²) >= 11 is 5.87. The summed E-state index contributed by atoms with van der Waals surface area (Å²) < 4.78 is 0. The third-order valence-corrected chi connectivity index (χ3v) is 2.71. The highest BCUT2D eigenvalue weighted by atomic mass is 35.5. The molecule has 4 nitrogen and oxygen atoms in total. The third kappa shape index (κ3) is 5.62. The Morgan fingerprint density at radius 3 is 2.84 bits per heavy atom. The van der Waals surface area contributed by atoms with E-state index in [4.69, 9.17) is 16.9 Å². The predicted octanol–water partition coefficient (Wildman–Crippen LogP) is 2.79. The van der Waals surface area contributed by atoms with Crippen LogP contribution in [0.5, 0.6) is 0 Å². The molecule has 0 aromatic heterocycles. The van der Waals surface area contributed by atoms with Crippen molar-refractivity contribution in [3.8, 4) is 6.07 Å². The molecule has 19 heavy (non-hydrogen) atoms. The van der Waals surface area contributed by atoms with Gasteiger partial charge in [-0.2, -0.15) is 5.26 Å². The third-order valence-electron chi connectivity index (χ3n) is 2.48. The first-order valence-corrected chi connectivity index (χ1v) is 6.61. The number of nitrogens with zero attached hydrogens (tertiary/aromatic N) is 1. The molecule has 0 aliphatic rings. The van der Waals surface area contributed by atoms with Crippen LogP contribution in [0.2, 0.25) is 5.02 Å². The number of carbonyl (C=O) groups excluding carboxylic acids is 1. The molecular formula is C14H18ClN3O. The van der Waals surface area contributed by atoms with Crippen molar-refractivity contribution >= 4 is 23.2 Å². The summed E-state index contributed by atoms with van der Waals surface area (Å²) in [6, 6.07) is 7.09. The van der Waals surface area contributed by atoms with Crippen LogP contribution in [-0.2, 0) is 4.79 Å². The van der Waals surface area contributed by atoms with Crippen LogP contribution in [0.4, 0.5) is 5.69 Å². The number of carbonyl (C=O) groups is 1. The number of hydrogen-bond acceptors (Lipinski definition) is 3. The second kappa shape index (κ2) is 7.65.